The van der Waals surface area contributed by atoms with Crippen molar-refractivity contribution in [1.29, 1.82) is 0 Å². The lowest BCUT2D eigenvalue weighted by Gasteiger charge is -2.08. The normalized spacial score (nSPS) is 10.1. The molecule has 4 heteroatoms. The van der Waals surface area contributed by atoms with Crippen molar-refractivity contribution >= 4 is 11.8 Å². The van der Waals surface area contributed by atoms with Crippen LogP contribution >= 0.6 is 0 Å². The maximum atomic E-state index is 11.8. The van der Waals surface area contributed by atoms with Crippen molar-refractivity contribution in [3.63, 3.8) is 0 Å². The molecule has 0 amide bonds. The molecule has 4 nitrogen and oxygen atoms in total. The zero-order chi connectivity index (χ0) is 12.3. The Balaban J connectivity index is 2.41. The second-order valence-corrected chi connectivity index (χ2v) is 3.60. The van der Waals surface area contributed by atoms with Crippen LogP contribution in [-0.2, 0) is 4.79 Å². The molecule has 0 aliphatic heterocycles. The molecule has 0 saturated carbocycles. The molecule has 0 spiro atoms. The van der Waals surface area contributed by atoms with Gasteiger partial charge in [0.25, 0.3) is 0 Å². The quantitative estimate of drug-likeness (QED) is 0.645. The number of ketones is 1. The molecule has 0 bridgehead atoms. The minimum atomic E-state index is -1.11. The Morgan fingerprint density at radius 3 is 2.35 bits per heavy atom. The summed E-state index contributed by atoms with van der Waals surface area (Å²) in [5.74, 6) is -1.50. The van der Waals surface area contributed by atoms with E-state index in [1.54, 1.807) is 22.8 Å². The highest BCUT2D eigenvalue weighted by Crippen LogP contribution is 2.16. The smallest absolute Gasteiger partial charge is 0.311 e. The average Bonchev–Trinajstić information content (AvgIpc) is 2.81. The SMILES string of the molecule is O=C(O)CC(=O)c1ccccc1-n1cccc1. The van der Waals surface area contributed by atoms with Crippen LogP contribution < -0.4 is 0 Å². The van der Waals surface area contributed by atoms with E-state index >= 15 is 0 Å². The van der Waals surface area contributed by atoms with Gasteiger partial charge >= 0.3 is 5.97 Å². The summed E-state index contributed by atoms with van der Waals surface area (Å²) in [7, 11) is 0. The minimum Gasteiger partial charge on any atom is -0.481 e. The van der Waals surface area contributed by atoms with Crippen LogP contribution in [0.3, 0.4) is 0 Å². The first kappa shape index (κ1) is 11.1. The second-order valence-electron chi connectivity index (χ2n) is 3.60. The summed E-state index contributed by atoms with van der Waals surface area (Å²) in [5, 5.41) is 8.64. The number of carboxylic acids is 1. The molecule has 0 aliphatic rings. The van der Waals surface area contributed by atoms with Crippen molar-refractivity contribution in [2.75, 3.05) is 0 Å². The van der Waals surface area contributed by atoms with Gasteiger partial charge in [0.2, 0.25) is 0 Å². The summed E-state index contributed by atoms with van der Waals surface area (Å²) >= 11 is 0. The highest BCUT2D eigenvalue weighted by Gasteiger charge is 2.14. The predicted octanol–water partition coefficient (Wildman–Crippen LogP) is 2.13. The zero-order valence-electron chi connectivity index (χ0n) is 9.04. The Hall–Kier alpha value is -2.36. The molecular formula is C13H11NO3. The fourth-order valence-corrected chi connectivity index (χ4v) is 1.66. The minimum absolute atomic E-state index is 0.387. The number of hydrogen-bond donors (Lipinski definition) is 1. The highest BCUT2D eigenvalue weighted by atomic mass is 16.4. The summed E-state index contributed by atoms with van der Waals surface area (Å²) in [5.41, 5.74) is 1.12. The number of Topliss-reactive ketones (excluding diaryl/α,β-unsaturated/α-hetero) is 1. The van der Waals surface area contributed by atoms with E-state index in [9.17, 15) is 9.59 Å². The summed E-state index contributed by atoms with van der Waals surface area (Å²) in [6.45, 7) is 0. The largest absolute Gasteiger partial charge is 0.481 e. The number of aliphatic carboxylic acids is 1. The average molecular weight is 229 g/mol. The molecule has 2 rings (SSSR count). The molecule has 1 heterocycles. The third-order valence-corrected chi connectivity index (χ3v) is 2.40. The van der Waals surface area contributed by atoms with Crippen molar-refractivity contribution in [3.05, 3.63) is 54.4 Å². The van der Waals surface area contributed by atoms with Gasteiger partial charge in [0.1, 0.15) is 6.42 Å². The van der Waals surface area contributed by atoms with E-state index in [1.165, 1.54) is 0 Å². The molecule has 1 aromatic heterocycles. The first-order chi connectivity index (χ1) is 8.18. The predicted molar refractivity (Wildman–Crippen MR) is 62.4 cm³/mol. The van der Waals surface area contributed by atoms with Gasteiger partial charge in [0, 0.05) is 18.0 Å². The zero-order valence-corrected chi connectivity index (χ0v) is 9.04. The lowest BCUT2D eigenvalue weighted by atomic mass is 10.1. The van der Waals surface area contributed by atoms with Gasteiger partial charge in [0.15, 0.2) is 5.78 Å². The molecule has 17 heavy (non-hydrogen) atoms. The Morgan fingerprint density at radius 1 is 1.06 bits per heavy atom. The molecule has 1 N–H and O–H groups in total. The topological polar surface area (TPSA) is 59.3 Å². The number of rotatable bonds is 4. The lowest BCUT2D eigenvalue weighted by molar-refractivity contribution is -0.135. The number of para-hydroxylation sites is 1. The monoisotopic (exact) mass is 229 g/mol. The molecule has 1 aromatic carbocycles. The fourth-order valence-electron chi connectivity index (χ4n) is 1.66. The van der Waals surface area contributed by atoms with E-state index in [0.29, 0.717) is 11.3 Å². The number of hydrogen-bond acceptors (Lipinski definition) is 2. The summed E-state index contributed by atoms with van der Waals surface area (Å²) < 4.78 is 1.79. The van der Waals surface area contributed by atoms with Gasteiger partial charge in [-0.2, -0.15) is 0 Å². The fraction of sp³-hybridized carbons (Fsp3) is 0.0769. The van der Waals surface area contributed by atoms with Crippen LogP contribution in [0.1, 0.15) is 16.8 Å². The maximum absolute atomic E-state index is 11.8. The van der Waals surface area contributed by atoms with Gasteiger partial charge in [-0.05, 0) is 24.3 Å². The summed E-state index contributed by atoms with van der Waals surface area (Å²) in [4.78, 5) is 22.3. The Bertz CT molecular complexity index is 544. The first-order valence-corrected chi connectivity index (χ1v) is 5.16. The van der Waals surface area contributed by atoms with E-state index in [0.717, 1.165) is 0 Å². The van der Waals surface area contributed by atoms with Crippen molar-refractivity contribution in [2.24, 2.45) is 0 Å². The number of carbonyl (C=O) groups is 2. The van der Waals surface area contributed by atoms with Crippen LogP contribution in [0.5, 0.6) is 0 Å². The first-order valence-electron chi connectivity index (χ1n) is 5.16. The molecule has 0 atom stereocenters. The number of aromatic nitrogens is 1. The van der Waals surface area contributed by atoms with Gasteiger partial charge in [-0.1, -0.05) is 12.1 Å². The third kappa shape index (κ3) is 2.42. The molecular weight excluding hydrogens is 218 g/mol. The van der Waals surface area contributed by atoms with Crippen LogP contribution in [0.2, 0.25) is 0 Å². The van der Waals surface area contributed by atoms with E-state index in [-0.39, 0.29) is 5.78 Å². The van der Waals surface area contributed by atoms with Crippen molar-refractivity contribution in [1.82, 2.24) is 4.57 Å². The van der Waals surface area contributed by atoms with Crippen LogP contribution in [0.4, 0.5) is 0 Å². The van der Waals surface area contributed by atoms with Gasteiger partial charge in [-0.25, -0.2) is 0 Å². The third-order valence-electron chi connectivity index (χ3n) is 2.40. The van der Waals surface area contributed by atoms with E-state index in [4.69, 9.17) is 5.11 Å². The van der Waals surface area contributed by atoms with Crippen LogP contribution in [0.25, 0.3) is 5.69 Å². The number of nitrogens with zero attached hydrogens (tertiary/aromatic N) is 1. The maximum Gasteiger partial charge on any atom is 0.311 e. The van der Waals surface area contributed by atoms with Crippen molar-refractivity contribution in [3.8, 4) is 5.69 Å². The molecule has 0 aliphatic carbocycles. The van der Waals surface area contributed by atoms with E-state index in [2.05, 4.69) is 0 Å². The molecule has 0 unspecified atom stereocenters. The van der Waals surface area contributed by atoms with Gasteiger partial charge in [0.05, 0.1) is 5.69 Å². The van der Waals surface area contributed by atoms with Crippen LogP contribution in [0, 0.1) is 0 Å². The Labute approximate surface area is 98.1 Å². The van der Waals surface area contributed by atoms with Crippen LogP contribution in [0.15, 0.2) is 48.8 Å². The second kappa shape index (κ2) is 4.65. The van der Waals surface area contributed by atoms with Crippen LogP contribution in [-0.4, -0.2) is 21.4 Å². The summed E-state index contributed by atoms with van der Waals surface area (Å²) in [6, 6.07) is 10.7. The van der Waals surface area contributed by atoms with Crippen molar-refractivity contribution < 1.29 is 14.7 Å². The van der Waals surface area contributed by atoms with Gasteiger partial charge < -0.3 is 9.67 Å². The molecule has 0 saturated heterocycles. The molecule has 0 radical (unpaired) electrons. The standard InChI is InChI=1S/C13H11NO3/c15-12(9-13(16)17)10-5-1-2-6-11(10)14-7-3-4-8-14/h1-8H,9H2,(H,16,17). The Morgan fingerprint density at radius 2 is 1.71 bits per heavy atom. The number of benzene rings is 1. The number of carboxylic acid groups (broad SMARTS) is 1. The molecule has 0 fully saturated rings. The van der Waals surface area contributed by atoms with Gasteiger partial charge in [-0.15, -0.1) is 0 Å². The molecule has 86 valence electrons. The lowest BCUT2D eigenvalue weighted by Crippen LogP contribution is -2.10. The van der Waals surface area contributed by atoms with E-state index < -0.39 is 12.4 Å². The number of carbonyl (C=O) groups excluding carboxylic acids is 1. The summed E-state index contributed by atoms with van der Waals surface area (Å²) in [6.07, 6.45) is 3.14. The van der Waals surface area contributed by atoms with E-state index in [1.807, 2.05) is 30.6 Å². The van der Waals surface area contributed by atoms with Gasteiger partial charge in [-0.3, -0.25) is 9.59 Å². The highest BCUT2D eigenvalue weighted by molar-refractivity contribution is 6.07. The Kier molecular flexibility index (Phi) is 3.05. The molecule has 2 aromatic rings. The van der Waals surface area contributed by atoms with Crippen molar-refractivity contribution in [2.45, 2.75) is 6.42 Å².